The topological polar surface area (TPSA) is 0 Å². The Hall–Kier alpha value is 0.517. The molecule has 0 bridgehead atoms. The zero-order chi connectivity index (χ0) is 3.58. The molecule has 0 amide bonds. The van der Waals surface area contributed by atoms with Gasteiger partial charge >= 0.3 is 0 Å². The van der Waals surface area contributed by atoms with Crippen LogP contribution in [0.15, 0.2) is 0 Å². The summed E-state index contributed by atoms with van der Waals surface area (Å²) >= 11 is 0. The van der Waals surface area contributed by atoms with Crippen molar-refractivity contribution in [3.05, 3.63) is 0 Å². The number of hydrogen-bond acceptors (Lipinski definition) is 0. The minimum absolute atomic E-state index is 0.0741. The zero-order valence-electron chi connectivity index (χ0n) is 3.00. The van der Waals surface area contributed by atoms with Gasteiger partial charge in [-0.25, -0.2) is 0 Å². The summed E-state index contributed by atoms with van der Waals surface area (Å²) in [6.45, 7) is 4.36. The predicted octanol–water partition coefficient (Wildman–Crippen LogP) is 1.38. The molecule has 0 fully saturated rings. The van der Waals surface area contributed by atoms with Gasteiger partial charge in [-0.05, 0) is 0 Å². The molecule has 0 aliphatic heterocycles. The van der Waals surface area contributed by atoms with Crippen molar-refractivity contribution < 1.29 is 0 Å². The summed E-state index contributed by atoms with van der Waals surface area (Å²) in [7, 11) is 3.34. The smallest absolute Gasteiger partial charge is 0.0307 e. The molecule has 0 atom stereocenters. The average molecular weight is 90.1 g/mol. The van der Waals surface area contributed by atoms with Gasteiger partial charge in [-0.3, -0.25) is 0 Å². The van der Waals surface area contributed by atoms with Crippen LogP contribution in [0.4, 0.5) is 0 Å². The number of rotatable bonds is 0. The van der Waals surface area contributed by atoms with Crippen molar-refractivity contribution in [2.75, 3.05) is 0 Å². The van der Waals surface area contributed by atoms with Gasteiger partial charge in [0.15, 0.2) is 0 Å². The van der Waals surface area contributed by atoms with E-state index in [-0.39, 0.29) is 8.05 Å². The van der Waals surface area contributed by atoms with Gasteiger partial charge in [0.05, 0.1) is 0 Å². The normalized spacial score (nSPS) is 6.50. The van der Waals surface area contributed by atoms with Gasteiger partial charge in [0.2, 0.25) is 0 Å². The summed E-state index contributed by atoms with van der Waals surface area (Å²) in [5.74, 6) is 0. The van der Waals surface area contributed by atoms with E-state index in [9.17, 15) is 0 Å². The summed E-state index contributed by atoms with van der Waals surface area (Å²) in [5, 5.41) is 0. The van der Waals surface area contributed by atoms with E-state index in [1.807, 2.05) is 0 Å². The Morgan fingerprint density at radius 3 is 1.50 bits per heavy atom. The van der Waals surface area contributed by atoms with Crippen LogP contribution in [0.1, 0.15) is 0 Å². The van der Waals surface area contributed by atoms with Crippen molar-refractivity contribution in [1.82, 2.24) is 0 Å². The quantitative estimate of drug-likeness (QED) is 0.311. The van der Waals surface area contributed by atoms with E-state index >= 15 is 0 Å². The van der Waals surface area contributed by atoms with Crippen LogP contribution in [-0.2, 0) is 0 Å². The molecule has 0 aromatic rings. The molecule has 0 nitrogen and oxygen atoms in total. The summed E-state index contributed by atoms with van der Waals surface area (Å²) in [5.41, 5.74) is 0. The molecular weight excluding hydrogens is 83.1 g/mol. The van der Waals surface area contributed by atoms with E-state index in [4.69, 9.17) is 0 Å². The van der Waals surface area contributed by atoms with Crippen molar-refractivity contribution in [3.8, 4) is 0 Å². The Morgan fingerprint density at radius 2 is 1.50 bits per heavy atom. The van der Waals surface area contributed by atoms with E-state index in [1.54, 1.807) is 0 Å². The highest BCUT2D eigenvalue weighted by Crippen LogP contribution is 1.65. The van der Waals surface area contributed by atoms with E-state index in [0.717, 1.165) is 0 Å². The fraction of sp³-hybridized carbons (Fsp3) is 1.00. The second-order valence-electron chi connectivity index (χ2n) is 1.00. The number of hydrogen-bond donors (Lipinski definition) is 0. The summed E-state index contributed by atoms with van der Waals surface area (Å²) in [6.07, 6.45) is 0. The molecule has 2 heteroatoms. The van der Waals surface area contributed by atoms with Crippen molar-refractivity contribution in [2.45, 2.75) is 13.1 Å². The Kier molecular flexibility index (Phi) is 2.03. The van der Waals surface area contributed by atoms with Gasteiger partial charge in [-0.15, -0.1) is 0 Å². The lowest BCUT2D eigenvalue weighted by atomic mass is 11.9. The van der Waals surface area contributed by atoms with Crippen molar-refractivity contribution in [1.29, 1.82) is 0 Å². The van der Waals surface area contributed by atoms with Crippen LogP contribution in [0.2, 0.25) is 13.1 Å². The van der Waals surface area contributed by atoms with Gasteiger partial charge in [0.1, 0.15) is 0 Å². The van der Waals surface area contributed by atoms with Gasteiger partial charge < -0.3 is 0 Å². The van der Waals surface area contributed by atoms with Crippen molar-refractivity contribution >= 4 is 16.4 Å². The molecule has 0 aromatic carbocycles. The maximum Gasteiger partial charge on any atom is 0.0307 e. The zero-order valence-corrected chi connectivity index (χ0v) is 5.00. The van der Waals surface area contributed by atoms with Crippen LogP contribution in [0.5, 0.6) is 0 Å². The van der Waals surface area contributed by atoms with Crippen molar-refractivity contribution in [2.24, 2.45) is 0 Å². The monoisotopic (exact) mass is 90.0 g/mol. The SMILES string of the molecule is C[Si](C)=P. The molecule has 0 aliphatic carbocycles. The summed E-state index contributed by atoms with van der Waals surface area (Å²) in [6, 6.07) is 0. The minimum atomic E-state index is -0.0741. The second kappa shape index (κ2) is 1.80. The molecular formula is C2H7PSi. The van der Waals surface area contributed by atoms with Crippen LogP contribution in [-0.4, -0.2) is 8.05 Å². The fourth-order valence-corrected chi connectivity index (χ4v) is 0. The molecule has 0 unspecified atom stereocenters. The Bertz CT molecular complexity index is 29.0. The minimum Gasteiger partial charge on any atom is -0.154 e. The molecule has 24 valence electrons. The van der Waals surface area contributed by atoms with Crippen molar-refractivity contribution in [3.63, 3.8) is 0 Å². The molecule has 0 rings (SSSR count). The van der Waals surface area contributed by atoms with Gasteiger partial charge in [0, 0.05) is 8.05 Å². The van der Waals surface area contributed by atoms with Crippen LogP contribution in [0.3, 0.4) is 0 Å². The third-order valence-electron chi connectivity index (χ3n) is 0. The molecule has 0 aromatic heterocycles. The average Bonchev–Trinajstić information content (AvgIpc) is 0.811. The van der Waals surface area contributed by atoms with E-state index < -0.39 is 0 Å². The summed E-state index contributed by atoms with van der Waals surface area (Å²) < 4.78 is 0. The molecule has 0 N–H and O–H groups in total. The van der Waals surface area contributed by atoms with Crippen LogP contribution in [0, 0.1) is 0 Å². The Labute approximate surface area is 30.4 Å². The van der Waals surface area contributed by atoms with Gasteiger partial charge in [0.25, 0.3) is 0 Å². The highest BCUT2D eigenvalue weighted by atomic mass is 31.1. The first-order valence-corrected chi connectivity index (χ1v) is 5.25. The van der Waals surface area contributed by atoms with Crippen LogP contribution in [0.25, 0.3) is 0 Å². The van der Waals surface area contributed by atoms with Crippen LogP contribution < -0.4 is 0 Å². The summed E-state index contributed by atoms with van der Waals surface area (Å²) in [4.78, 5) is 0. The highest BCUT2D eigenvalue weighted by Gasteiger charge is 1.56. The van der Waals surface area contributed by atoms with Crippen LogP contribution >= 0.6 is 8.38 Å². The first-order chi connectivity index (χ1) is 1.73. The molecule has 0 aliphatic rings. The molecule has 0 spiro atoms. The third-order valence-corrected chi connectivity index (χ3v) is 0. The maximum atomic E-state index is 3.41. The molecule has 4 heavy (non-hydrogen) atoms. The predicted molar refractivity (Wildman–Crippen MR) is 25.8 cm³/mol. The largest absolute Gasteiger partial charge is 0.154 e. The molecule has 0 saturated carbocycles. The lowest BCUT2D eigenvalue weighted by Gasteiger charge is -1.60. The molecule has 0 saturated heterocycles. The Balaban J connectivity index is 2.80. The third kappa shape index (κ3) is 21.7. The fourth-order valence-electron chi connectivity index (χ4n) is 0. The van der Waals surface area contributed by atoms with E-state index in [1.165, 1.54) is 0 Å². The lowest BCUT2D eigenvalue weighted by Crippen LogP contribution is -1.65. The standard InChI is InChI=1S/C2H7PSi/c1-4(2)3/h3H,1-2H3. The first kappa shape index (κ1) is 4.52. The Morgan fingerprint density at radius 1 is 1.50 bits per heavy atom. The maximum absolute atomic E-state index is 3.41. The lowest BCUT2D eigenvalue weighted by molar-refractivity contribution is 2.13. The molecule has 0 heterocycles. The van der Waals surface area contributed by atoms with Gasteiger partial charge in [-0.1, -0.05) is 13.1 Å². The first-order valence-electron chi connectivity index (χ1n) is 1.25. The second-order valence-corrected chi connectivity index (χ2v) is 6.00. The van der Waals surface area contributed by atoms with E-state index in [2.05, 4.69) is 21.5 Å². The van der Waals surface area contributed by atoms with E-state index in [0.29, 0.717) is 0 Å². The molecule has 0 radical (unpaired) electrons. The highest BCUT2D eigenvalue weighted by molar-refractivity contribution is 7.35. The van der Waals surface area contributed by atoms with Gasteiger partial charge in [-0.2, -0.15) is 8.38 Å².